The van der Waals surface area contributed by atoms with E-state index in [2.05, 4.69) is 13.0 Å². The minimum absolute atomic E-state index is 0.377. The van der Waals surface area contributed by atoms with E-state index >= 15 is 0 Å². The molecule has 1 fully saturated rings. The second-order valence-corrected chi connectivity index (χ2v) is 5.63. The van der Waals surface area contributed by atoms with E-state index in [-0.39, 0.29) is 0 Å². The van der Waals surface area contributed by atoms with Crippen LogP contribution in [0.2, 0.25) is 0 Å². The van der Waals surface area contributed by atoms with Gasteiger partial charge in [-0.1, -0.05) is 64.7 Å². The average molecular weight is 268 g/mol. The quantitative estimate of drug-likeness (QED) is 0.244. The van der Waals surface area contributed by atoms with E-state index in [0.717, 1.165) is 19.6 Å². The molecule has 0 bridgehead atoms. The number of hydrogen-bond acceptors (Lipinski definition) is 2. The molecule has 1 unspecified atom stereocenters. The van der Waals surface area contributed by atoms with Gasteiger partial charge in [0.2, 0.25) is 0 Å². The van der Waals surface area contributed by atoms with Crippen molar-refractivity contribution in [1.29, 1.82) is 0 Å². The normalized spacial score (nSPS) is 18.1. The Kier molecular flexibility index (Phi) is 10.9. The first-order valence-electron chi connectivity index (χ1n) is 8.31. The van der Waals surface area contributed by atoms with Crippen molar-refractivity contribution in [2.75, 3.05) is 13.2 Å². The van der Waals surface area contributed by atoms with Crippen molar-refractivity contribution in [1.82, 2.24) is 0 Å². The molecule has 1 heterocycles. The molecular formula is C17H32O2. The van der Waals surface area contributed by atoms with Crippen molar-refractivity contribution in [2.45, 2.75) is 83.7 Å². The van der Waals surface area contributed by atoms with E-state index in [1.54, 1.807) is 0 Å². The van der Waals surface area contributed by atoms with Crippen LogP contribution in [-0.2, 0) is 9.47 Å². The number of allylic oxidation sites excluding steroid dienone is 1. The molecule has 0 N–H and O–H groups in total. The summed E-state index contributed by atoms with van der Waals surface area (Å²) in [6.45, 7) is 3.89. The SMILES string of the molecule is CCCCCCCCCCCC/C=C/OCC1CO1. The number of hydrogen-bond donors (Lipinski definition) is 0. The zero-order valence-electron chi connectivity index (χ0n) is 12.7. The van der Waals surface area contributed by atoms with Crippen LogP contribution >= 0.6 is 0 Å². The van der Waals surface area contributed by atoms with Crippen LogP contribution in [-0.4, -0.2) is 19.3 Å². The molecule has 2 nitrogen and oxygen atoms in total. The topological polar surface area (TPSA) is 21.8 Å². The van der Waals surface area contributed by atoms with Gasteiger partial charge in [-0.05, 0) is 18.9 Å². The Balaban J connectivity index is 1.66. The Hall–Kier alpha value is -0.500. The van der Waals surface area contributed by atoms with E-state index in [0.29, 0.717) is 6.10 Å². The summed E-state index contributed by atoms with van der Waals surface area (Å²) in [7, 11) is 0. The fraction of sp³-hybridized carbons (Fsp3) is 0.882. The van der Waals surface area contributed by atoms with Gasteiger partial charge >= 0.3 is 0 Å². The summed E-state index contributed by atoms with van der Waals surface area (Å²) < 4.78 is 10.4. The number of unbranched alkanes of at least 4 members (excludes halogenated alkanes) is 10. The zero-order valence-corrected chi connectivity index (χ0v) is 12.7. The van der Waals surface area contributed by atoms with Crippen molar-refractivity contribution in [3.8, 4) is 0 Å². The van der Waals surface area contributed by atoms with E-state index in [4.69, 9.17) is 9.47 Å². The minimum Gasteiger partial charge on any atom is -0.499 e. The summed E-state index contributed by atoms with van der Waals surface area (Å²) in [6.07, 6.45) is 19.5. The molecule has 0 aromatic rings. The predicted octanol–water partition coefficient (Wildman–Crippen LogP) is 5.23. The van der Waals surface area contributed by atoms with Crippen LogP contribution in [0.5, 0.6) is 0 Å². The van der Waals surface area contributed by atoms with Gasteiger partial charge in [0.15, 0.2) is 0 Å². The van der Waals surface area contributed by atoms with Crippen LogP contribution in [0, 0.1) is 0 Å². The summed E-state index contributed by atoms with van der Waals surface area (Å²) in [5.74, 6) is 0. The van der Waals surface area contributed by atoms with Crippen molar-refractivity contribution in [3.05, 3.63) is 12.3 Å². The minimum atomic E-state index is 0.377. The molecule has 1 aliphatic rings. The number of ether oxygens (including phenoxy) is 2. The lowest BCUT2D eigenvalue weighted by atomic mass is 10.1. The largest absolute Gasteiger partial charge is 0.499 e. The lowest BCUT2D eigenvalue weighted by Crippen LogP contribution is -1.94. The van der Waals surface area contributed by atoms with E-state index in [1.807, 2.05) is 6.26 Å². The summed E-state index contributed by atoms with van der Waals surface area (Å²) in [6, 6.07) is 0. The molecule has 0 aliphatic carbocycles. The Bertz CT molecular complexity index is 209. The highest BCUT2D eigenvalue weighted by Gasteiger charge is 2.22. The maximum absolute atomic E-state index is 5.34. The van der Waals surface area contributed by atoms with Gasteiger partial charge < -0.3 is 9.47 Å². The van der Waals surface area contributed by atoms with Gasteiger partial charge in [0.1, 0.15) is 12.7 Å². The van der Waals surface area contributed by atoms with Crippen LogP contribution in [0.25, 0.3) is 0 Å². The van der Waals surface area contributed by atoms with Crippen LogP contribution in [0.1, 0.15) is 77.6 Å². The molecule has 0 amide bonds. The van der Waals surface area contributed by atoms with Gasteiger partial charge in [0.25, 0.3) is 0 Å². The fourth-order valence-corrected chi connectivity index (χ4v) is 2.21. The van der Waals surface area contributed by atoms with Gasteiger partial charge in [-0.2, -0.15) is 0 Å². The molecule has 1 rings (SSSR count). The molecule has 0 aromatic heterocycles. The monoisotopic (exact) mass is 268 g/mol. The Morgan fingerprint density at radius 1 is 0.947 bits per heavy atom. The van der Waals surface area contributed by atoms with E-state index < -0.39 is 0 Å². The highest BCUT2D eigenvalue weighted by Crippen LogP contribution is 2.11. The van der Waals surface area contributed by atoms with Crippen LogP contribution < -0.4 is 0 Å². The smallest absolute Gasteiger partial charge is 0.116 e. The third-order valence-electron chi connectivity index (χ3n) is 3.60. The first kappa shape index (κ1) is 16.6. The van der Waals surface area contributed by atoms with Gasteiger partial charge in [-0.3, -0.25) is 0 Å². The lowest BCUT2D eigenvalue weighted by Gasteiger charge is -2.01. The third-order valence-corrected chi connectivity index (χ3v) is 3.60. The lowest BCUT2D eigenvalue weighted by molar-refractivity contribution is 0.211. The molecule has 1 aliphatic heterocycles. The molecule has 112 valence electrons. The van der Waals surface area contributed by atoms with Gasteiger partial charge in [0, 0.05) is 0 Å². The van der Waals surface area contributed by atoms with E-state index in [9.17, 15) is 0 Å². The summed E-state index contributed by atoms with van der Waals surface area (Å²) in [5.41, 5.74) is 0. The zero-order chi connectivity index (χ0) is 13.6. The second-order valence-electron chi connectivity index (χ2n) is 5.63. The first-order chi connectivity index (χ1) is 9.43. The predicted molar refractivity (Wildman–Crippen MR) is 81.3 cm³/mol. The molecule has 1 saturated heterocycles. The molecule has 0 radical (unpaired) electrons. The molecule has 0 spiro atoms. The maximum atomic E-state index is 5.34. The van der Waals surface area contributed by atoms with Crippen molar-refractivity contribution in [2.24, 2.45) is 0 Å². The highest BCUT2D eigenvalue weighted by molar-refractivity contribution is 4.75. The summed E-state index contributed by atoms with van der Waals surface area (Å²) >= 11 is 0. The van der Waals surface area contributed by atoms with Crippen molar-refractivity contribution < 1.29 is 9.47 Å². The summed E-state index contributed by atoms with van der Waals surface area (Å²) in [4.78, 5) is 0. The molecular weight excluding hydrogens is 236 g/mol. The standard InChI is InChI=1S/C17H32O2/c1-2-3-4-5-6-7-8-9-10-11-12-13-14-18-15-17-16-19-17/h13-14,17H,2-12,15-16H2,1H3/b14-13+. The van der Waals surface area contributed by atoms with Gasteiger partial charge in [-0.15, -0.1) is 0 Å². The van der Waals surface area contributed by atoms with Crippen molar-refractivity contribution >= 4 is 0 Å². The first-order valence-corrected chi connectivity index (χ1v) is 8.31. The van der Waals surface area contributed by atoms with Crippen LogP contribution in [0.3, 0.4) is 0 Å². The molecule has 19 heavy (non-hydrogen) atoms. The van der Waals surface area contributed by atoms with Crippen LogP contribution in [0.4, 0.5) is 0 Å². The Morgan fingerprint density at radius 2 is 1.53 bits per heavy atom. The Morgan fingerprint density at radius 3 is 2.11 bits per heavy atom. The number of rotatable bonds is 14. The third kappa shape index (κ3) is 12.3. The van der Waals surface area contributed by atoms with Crippen molar-refractivity contribution in [3.63, 3.8) is 0 Å². The van der Waals surface area contributed by atoms with Gasteiger partial charge in [-0.25, -0.2) is 0 Å². The molecule has 2 heteroatoms. The number of epoxide rings is 1. The maximum Gasteiger partial charge on any atom is 0.116 e. The molecule has 0 aromatic carbocycles. The van der Waals surface area contributed by atoms with E-state index in [1.165, 1.54) is 64.2 Å². The van der Waals surface area contributed by atoms with Gasteiger partial charge in [0.05, 0.1) is 12.9 Å². The molecule has 1 atom stereocenters. The van der Waals surface area contributed by atoms with Crippen LogP contribution in [0.15, 0.2) is 12.3 Å². The average Bonchev–Trinajstić information content (AvgIpc) is 3.23. The highest BCUT2D eigenvalue weighted by atomic mass is 16.6. The fourth-order valence-electron chi connectivity index (χ4n) is 2.21. The molecule has 0 saturated carbocycles. The summed E-state index contributed by atoms with van der Waals surface area (Å²) in [5, 5.41) is 0. The Labute approximate surface area is 119 Å². The second kappa shape index (κ2) is 12.5.